The Morgan fingerprint density at radius 3 is 2.68 bits per heavy atom. The molecule has 164 valence electrons. The molecule has 3 N–H and O–H groups in total. The maximum atomic E-state index is 11.8. The third kappa shape index (κ3) is 4.78. The molecule has 2 aromatic carbocycles. The highest BCUT2D eigenvalue weighted by molar-refractivity contribution is 6.30. The molecule has 1 aliphatic rings. The Labute approximate surface area is 185 Å². The molecule has 1 fully saturated rings. The van der Waals surface area contributed by atoms with Gasteiger partial charge in [0.1, 0.15) is 0 Å². The van der Waals surface area contributed by atoms with Crippen molar-refractivity contribution in [3.63, 3.8) is 0 Å². The van der Waals surface area contributed by atoms with Crippen LogP contribution in [0.2, 0.25) is 5.02 Å². The number of nitrogens with zero attached hydrogens (tertiary/aromatic N) is 2. The van der Waals surface area contributed by atoms with E-state index in [0.717, 1.165) is 56.2 Å². The number of halogens is 1. The van der Waals surface area contributed by atoms with E-state index in [1.807, 2.05) is 12.1 Å². The Hall–Kier alpha value is -2.77. The van der Waals surface area contributed by atoms with Crippen molar-refractivity contribution in [3.05, 3.63) is 62.6 Å². The first kappa shape index (κ1) is 21.5. The number of oxazole rings is 1. The Morgan fingerprint density at radius 1 is 1.16 bits per heavy atom. The largest absolute Gasteiger partial charge is 0.417 e. The summed E-state index contributed by atoms with van der Waals surface area (Å²) in [6, 6.07) is 9.29. The molecule has 0 aliphatic carbocycles. The summed E-state index contributed by atoms with van der Waals surface area (Å²) in [6.45, 7) is 7.07. The Balaban J connectivity index is 1.31. The average molecular weight is 443 g/mol. The number of anilines is 1. The minimum absolute atomic E-state index is 0.440. The first-order valence-corrected chi connectivity index (χ1v) is 11.0. The third-order valence-electron chi connectivity index (χ3n) is 6.01. The van der Waals surface area contributed by atoms with Crippen LogP contribution in [0.15, 0.2) is 39.5 Å². The van der Waals surface area contributed by atoms with Gasteiger partial charge in [-0.1, -0.05) is 17.7 Å². The lowest BCUT2D eigenvalue weighted by atomic mass is 9.99. The molecule has 0 unspecified atom stereocenters. The van der Waals surface area contributed by atoms with Gasteiger partial charge in [0.25, 0.3) is 0 Å². The zero-order chi connectivity index (χ0) is 22.0. The lowest BCUT2D eigenvalue weighted by molar-refractivity contribution is 0.0999. The number of aromatic amines is 1. The number of fused-ring (bicyclic) bond motifs is 1. The van der Waals surface area contributed by atoms with Gasteiger partial charge in [0.05, 0.1) is 5.52 Å². The molecule has 3 aromatic rings. The van der Waals surface area contributed by atoms with Crippen molar-refractivity contribution in [2.45, 2.75) is 26.2 Å². The molecular formula is C23H27ClN4O3. The van der Waals surface area contributed by atoms with Gasteiger partial charge in [-0.3, -0.25) is 14.7 Å². The van der Waals surface area contributed by atoms with Crippen molar-refractivity contribution in [3.8, 4) is 0 Å². The van der Waals surface area contributed by atoms with Crippen molar-refractivity contribution in [2.75, 3.05) is 37.6 Å². The van der Waals surface area contributed by atoms with Crippen LogP contribution in [0.1, 0.15) is 34.3 Å². The van der Waals surface area contributed by atoms with E-state index in [1.165, 1.54) is 11.3 Å². The van der Waals surface area contributed by atoms with E-state index < -0.39 is 11.7 Å². The molecule has 0 radical (unpaired) electrons. The third-order valence-corrected chi connectivity index (χ3v) is 6.24. The SMILES string of the molecule is Cc1ccc(Cl)cc1N1CCN(CCCCc2c(C(N)=O)ccc3oc(=O)[nH]c23)CC1. The summed E-state index contributed by atoms with van der Waals surface area (Å²) in [4.78, 5) is 30.9. The number of benzene rings is 2. The number of unbranched alkanes of at least 4 members (excludes halogenated alkanes) is 1. The second-order valence-electron chi connectivity index (χ2n) is 8.06. The average Bonchev–Trinajstić information content (AvgIpc) is 3.13. The van der Waals surface area contributed by atoms with E-state index in [-0.39, 0.29) is 0 Å². The fourth-order valence-electron chi connectivity index (χ4n) is 4.34. The zero-order valence-electron chi connectivity index (χ0n) is 17.6. The molecule has 7 nitrogen and oxygen atoms in total. The quantitative estimate of drug-likeness (QED) is 0.547. The van der Waals surface area contributed by atoms with Gasteiger partial charge < -0.3 is 15.1 Å². The van der Waals surface area contributed by atoms with Crippen LogP contribution in [0, 0.1) is 6.92 Å². The number of aryl methyl sites for hydroxylation is 2. The number of nitrogens with one attached hydrogen (secondary N) is 1. The summed E-state index contributed by atoms with van der Waals surface area (Å²) in [5.74, 6) is -1.02. The molecule has 1 saturated heterocycles. The van der Waals surface area contributed by atoms with Crippen molar-refractivity contribution in [1.82, 2.24) is 9.88 Å². The van der Waals surface area contributed by atoms with Crippen LogP contribution >= 0.6 is 11.6 Å². The summed E-state index contributed by atoms with van der Waals surface area (Å²) in [6.07, 6.45) is 2.54. The van der Waals surface area contributed by atoms with Gasteiger partial charge in [-0.15, -0.1) is 0 Å². The number of rotatable bonds is 7. The fraction of sp³-hybridized carbons (Fsp3) is 0.391. The number of amides is 1. The van der Waals surface area contributed by atoms with E-state index in [2.05, 4.69) is 27.8 Å². The number of carbonyl (C=O) groups excluding carboxylic acids is 1. The highest BCUT2D eigenvalue weighted by atomic mass is 35.5. The predicted molar refractivity (Wildman–Crippen MR) is 123 cm³/mol. The van der Waals surface area contributed by atoms with Crippen molar-refractivity contribution in [2.24, 2.45) is 5.73 Å². The van der Waals surface area contributed by atoms with Crippen LogP contribution in [0.3, 0.4) is 0 Å². The lowest BCUT2D eigenvalue weighted by Gasteiger charge is -2.37. The van der Waals surface area contributed by atoms with Crippen LogP contribution in [0.25, 0.3) is 11.1 Å². The Bertz CT molecular complexity index is 1150. The van der Waals surface area contributed by atoms with Crippen molar-refractivity contribution >= 4 is 34.3 Å². The molecular weight excluding hydrogens is 416 g/mol. The molecule has 1 aliphatic heterocycles. The summed E-state index contributed by atoms with van der Waals surface area (Å²) in [5.41, 5.74) is 10.2. The fourth-order valence-corrected chi connectivity index (χ4v) is 4.51. The standard InChI is InChI=1S/C23H27ClN4O3/c1-15-5-6-16(24)14-19(15)28-12-10-27(11-13-28)9-3-2-4-17-18(22(25)29)7-8-20-21(17)26-23(30)31-20/h5-8,14H,2-4,9-13H2,1H3,(H2,25,29)(H,26,30). The van der Waals surface area contributed by atoms with Gasteiger partial charge in [-0.25, -0.2) is 4.79 Å². The minimum atomic E-state index is -0.523. The van der Waals surface area contributed by atoms with Gasteiger partial charge in [0, 0.05) is 42.5 Å². The van der Waals surface area contributed by atoms with Crippen LogP contribution in [-0.2, 0) is 6.42 Å². The molecule has 1 amide bonds. The first-order chi connectivity index (χ1) is 14.9. The molecule has 0 bridgehead atoms. The summed E-state index contributed by atoms with van der Waals surface area (Å²) < 4.78 is 5.12. The zero-order valence-corrected chi connectivity index (χ0v) is 18.4. The highest BCUT2D eigenvalue weighted by Gasteiger charge is 2.19. The Morgan fingerprint density at radius 2 is 1.94 bits per heavy atom. The monoisotopic (exact) mass is 442 g/mol. The van der Waals surface area contributed by atoms with E-state index in [4.69, 9.17) is 21.8 Å². The number of primary amides is 1. The van der Waals surface area contributed by atoms with E-state index in [1.54, 1.807) is 12.1 Å². The molecule has 0 saturated carbocycles. The lowest BCUT2D eigenvalue weighted by Crippen LogP contribution is -2.46. The number of aromatic nitrogens is 1. The number of piperazine rings is 1. The number of hydrogen-bond donors (Lipinski definition) is 2. The summed E-state index contributed by atoms with van der Waals surface area (Å²) in [7, 11) is 0. The molecule has 1 aromatic heterocycles. The van der Waals surface area contributed by atoms with Crippen LogP contribution in [-0.4, -0.2) is 48.5 Å². The van der Waals surface area contributed by atoms with Gasteiger partial charge in [0.2, 0.25) is 5.91 Å². The normalized spacial score (nSPS) is 15.0. The predicted octanol–water partition coefficient (Wildman–Crippen LogP) is 3.33. The van der Waals surface area contributed by atoms with Crippen LogP contribution in [0.5, 0.6) is 0 Å². The van der Waals surface area contributed by atoms with E-state index >= 15 is 0 Å². The van der Waals surface area contributed by atoms with Crippen LogP contribution < -0.4 is 16.4 Å². The van der Waals surface area contributed by atoms with Gasteiger partial charge in [-0.05, 0) is 68.1 Å². The molecule has 31 heavy (non-hydrogen) atoms. The van der Waals surface area contributed by atoms with Gasteiger partial charge in [0.15, 0.2) is 5.58 Å². The van der Waals surface area contributed by atoms with Gasteiger partial charge in [-0.2, -0.15) is 0 Å². The molecule has 4 rings (SSSR count). The molecule has 8 heteroatoms. The number of hydrogen-bond acceptors (Lipinski definition) is 5. The maximum absolute atomic E-state index is 11.8. The highest BCUT2D eigenvalue weighted by Crippen LogP contribution is 2.26. The topological polar surface area (TPSA) is 95.6 Å². The second kappa shape index (κ2) is 9.16. The first-order valence-electron chi connectivity index (χ1n) is 10.6. The number of H-pyrrole nitrogens is 1. The summed E-state index contributed by atoms with van der Waals surface area (Å²) in [5, 5.41) is 0.771. The molecule has 0 atom stereocenters. The van der Waals surface area contributed by atoms with Crippen molar-refractivity contribution in [1.29, 1.82) is 0 Å². The minimum Gasteiger partial charge on any atom is -0.408 e. The number of nitrogens with two attached hydrogens (primary N) is 1. The number of carbonyl (C=O) groups is 1. The second-order valence-corrected chi connectivity index (χ2v) is 8.50. The van der Waals surface area contributed by atoms with Gasteiger partial charge >= 0.3 is 5.76 Å². The van der Waals surface area contributed by atoms with Crippen LogP contribution in [0.4, 0.5) is 5.69 Å². The van der Waals surface area contributed by atoms with E-state index in [9.17, 15) is 9.59 Å². The Kier molecular flexibility index (Phi) is 6.34. The smallest absolute Gasteiger partial charge is 0.408 e. The van der Waals surface area contributed by atoms with E-state index in [0.29, 0.717) is 23.1 Å². The molecule has 2 heterocycles. The maximum Gasteiger partial charge on any atom is 0.417 e. The van der Waals surface area contributed by atoms with Crippen molar-refractivity contribution < 1.29 is 9.21 Å². The molecule has 0 spiro atoms. The summed E-state index contributed by atoms with van der Waals surface area (Å²) >= 11 is 6.18.